The molecule has 1 aromatic carbocycles. The average Bonchev–Trinajstić information content (AvgIpc) is 2.58. The lowest BCUT2D eigenvalue weighted by Gasteiger charge is -2.06. The van der Waals surface area contributed by atoms with E-state index >= 15 is 0 Å². The van der Waals surface area contributed by atoms with Gasteiger partial charge in [0.25, 0.3) is 10.0 Å². The summed E-state index contributed by atoms with van der Waals surface area (Å²) >= 11 is 9.05. The molecule has 0 aliphatic carbocycles. The maximum absolute atomic E-state index is 12.4. The maximum atomic E-state index is 12.4. The summed E-state index contributed by atoms with van der Waals surface area (Å²) in [5.74, 6) is 0. The van der Waals surface area contributed by atoms with Crippen molar-refractivity contribution in [2.24, 2.45) is 0 Å². The summed E-state index contributed by atoms with van der Waals surface area (Å²) in [6.45, 7) is 3.43. The molecule has 0 fully saturated rings. The van der Waals surface area contributed by atoms with Gasteiger partial charge in [-0.05, 0) is 54.0 Å². The van der Waals surface area contributed by atoms with E-state index in [1.807, 2.05) is 0 Å². The number of benzene rings is 1. The lowest BCUT2D eigenvalue weighted by molar-refractivity contribution is 0.578. The van der Waals surface area contributed by atoms with E-state index in [2.05, 4.69) is 21.0 Å². The number of aromatic nitrogens is 2. The van der Waals surface area contributed by atoms with Crippen molar-refractivity contribution in [3.63, 3.8) is 0 Å². The van der Waals surface area contributed by atoms with E-state index < -0.39 is 10.0 Å². The molecule has 0 saturated carbocycles. The summed E-state index contributed by atoms with van der Waals surface area (Å²) in [5, 5.41) is 4.52. The van der Waals surface area contributed by atoms with Crippen LogP contribution >= 0.6 is 27.5 Å². The first-order chi connectivity index (χ1) is 8.34. The second kappa shape index (κ2) is 4.68. The highest BCUT2D eigenvalue weighted by Crippen LogP contribution is 2.24. The van der Waals surface area contributed by atoms with Crippen LogP contribution in [-0.4, -0.2) is 17.6 Å². The van der Waals surface area contributed by atoms with E-state index in [4.69, 9.17) is 11.6 Å². The summed E-state index contributed by atoms with van der Waals surface area (Å²) in [6, 6.07) is 5.99. The lowest BCUT2D eigenvalue weighted by atomic mass is 10.4. The molecule has 0 spiro atoms. The topological polar surface area (TPSA) is 52.0 Å². The Morgan fingerprint density at radius 2 is 1.78 bits per heavy atom. The molecule has 2 aromatic rings. The van der Waals surface area contributed by atoms with E-state index in [-0.39, 0.29) is 4.90 Å². The number of aryl methyl sites for hydroxylation is 1. The van der Waals surface area contributed by atoms with Crippen LogP contribution in [0.15, 0.2) is 33.6 Å². The fourth-order valence-corrected chi connectivity index (χ4v) is 3.39. The van der Waals surface area contributed by atoms with Gasteiger partial charge >= 0.3 is 0 Å². The Balaban J connectivity index is 2.61. The van der Waals surface area contributed by atoms with Crippen LogP contribution in [0.1, 0.15) is 11.4 Å². The smallest absolute Gasteiger partial charge is 0.199 e. The van der Waals surface area contributed by atoms with Gasteiger partial charge in [-0.2, -0.15) is 17.6 Å². The third-order valence-electron chi connectivity index (χ3n) is 2.50. The molecule has 18 heavy (non-hydrogen) atoms. The van der Waals surface area contributed by atoms with Gasteiger partial charge in [-0.25, -0.2) is 0 Å². The van der Waals surface area contributed by atoms with Crippen LogP contribution in [-0.2, 0) is 10.0 Å². The van der Waals surface area contributed by atoms with E-state index in [1.54, 1.807) is 13.8 Å². The van der Waals surface area contributed by atoms with Crippen LogP contribution in [0, 0.1) is 13.8 Å². The molecule has 2 rings (SSSR count). The van der Waals surface area contributed by atoms with E-state index in [1.165, 1.54) is 24.3 Å². The minimum atomic E-state index is -3.67. The fourth-order valence-electron chi connectivity index (χ4n) is 1.54. The van der Waals surface area contributed by atoms with Crippen LogP contribution in [0.25, 0.3) is 0 Å². The molecule has 0 radical (unpaired) electrons. The van der Waals surface area contributed by atoms with Crippen molar-refractivity contribution in [2.45, 2.75) is 18.7 Å². The summed E-state index contributed by atoms with van der Waals surface area (Å²) < 4.78 is 26.5. The standard InChI is InChI=1S/C11H10BrClN2O2S/c1-7-11(12)8(2)15(14-7)18(16,17)10-5-3-9(13)4-6-10/h3-6H,1-2H3. The summed E-state index contributed by atoms with van der Waals surface area (Å²) in [5.41, 5.74) is 1.17. The van der Waals surface area contributed by atoms with Crippen LogP contribution in [0.3, 0.4) is 0 Å². The molecule has 7 heteroatoms. The number of hydrogen-bond acceptors (Lipinski definition) is 3. The highest BCUT2D eigenvalue weighted by Gasteiger charge is 2.22. The van der Waals surface area contributed by atoms with Gasteiger partial charge in [0, 0.05) is 5.02 Å². The van der Waals surface area contributed by atoms with Gasteiger partial charge in [0.05, 0.1) is 20.8 Å². The highest BCUT2D eigenvalue weighted by atomic mass is 79.9. The van der Waals surface area contributed by atoms with Gasteiger partial charge < -0.3 is 0 Å². The summed E-state index contributed by atoms with van der Waals surface area (Å²) in [6.07, 6.45) is 0. The molecule has 1 aromatic heterocycles. The molecule has 96 valence electrons. The Morgan fingerprint density at radius 3 is 2.22 bits per heavy atom. The van der Waals surface area contributed by atoms with Gasteiger partial charge in [0.1, 0.15) is 0 Å². The third-order valence-corrected chi connectivity index (χ3v) is 5.58. The Morgan fingerprint density at radius 1 is 1.22 bits per heavy atom. The van der Waals surface area contributed by atoms with Crippen LogP contribution < -0.4 is 0 Å². The summed E-state index contributed by atoms with van der Waals surface area (Å²) in [7, 11) is -3.67. The molecular formula is C11H10BrClN2O2S. The molecule has 0 bridgehead atoms. The SMILES string of the molecule is Cc1nn(S(=O)(=O)c2ccc(Cl)cc2)c(C)c1Br. The number of halogens is 2. The fraction of sp³-hybridized carbons (Fsp3) is 0.182. The molecule has 0 amide bonds. The van der Waals surface area contributed by atoms with Gasteiger partial charge in [-0.15, -0.1) is 0 Å². The van der Waals surface area contributed by atoms with Crippen LogP contribution in [0.4, 0.5) is 0 Å². The number of hydrogen-bond donors (Lipinski definition) is 0. The normalized spacial score (nSPS) is 11.8. The van der Waals surface area contributed by atoms with Gasteiger partial charge in [-0.1, -0.05) is 11.6 Å². The molecular weight excluding hydrogens is 340 g/mol. The van der Waals surface area contributed by atoms with Crippen molar-refractivity contribution >= 4 is 37.6 Å². The molecule has 0 unspecified atom stereocenters. The molecule has 0 aliphatic heterocycles. The van der Waals surface area contributed by atoms with Gasteiger partial charge in [0.15, 0.2) is 0 Å². The van der Waals surface area contributed by atoms with Crippen molar-refractivity contribution in [3.05, 3.63) is 45.1 Å². The molecule has 4 nitrogen and oxygen atoms in total. The number of nitrogens with zero attached hydrogens (tertiary/aromatic N) is 2. The van der Waals surface area contributed by atoms with Crippen molar-refractivity contribution in [2.75, 3.05) is 0 Å². The summed E-state index contributed by atoms with van der Waals surface area (Å²) in [4.78, 5) is 0.157. The van der Waals surface area contributed by atoms with Crippen LogP contribution in [0.2, 0.25) is 5.02 Å². The second-order valence-electron chi connectivity index (χ2n) is 3.79. The monoisotopic (exact) mass is 348 g/mol. The average molecular weight is 350 g/mol. The molecule has 0 saturated heterocycles. The first-order valence-electron chi connectivity index (χ1n) is 5.07. The number of rotatable bonds is 2. The quantitative estimate of drug-likeness (QED) is 0.837. The second-order valence-corrected chi connectivity index (χ2v) is 6.78. The predicted octanol–water partition coefficient (Wildman–Crippen LogP) is 3.15. The van der Waals surface area contributed by atoms with Crippen molar-refractivity contribution in [3.8, 4) is 0 Å². The first kappa shape index (κ1) is 13.6. The Kier molecular flexibility index (Phi) is 3.53. The van der Waals surface area contributed by atoms with E-state index in [0.29, 0.717) is 20.9 Å². The van der Waals surface area contributed by atoms with Crippen LogP contribution in [0.5, 0.6) is 0 Å². The van der Waals surface area contributed by atoms with Crippen molar-refractivity contribution < 1.29 is 8.42 Å². The zero-order valence-electron chi connectivity index (χ0n) is 9.68. The highest BCUT2D eigenvalue weighted by molar-refractivity contribution is 9.10. The first-order valence-corrected chi connectivity index (χ1v) is 7.68. The zero-order valence-corrected chi connectivity index (χ0v) is 12.8. The largest absolute Gasteiger partial charge is 0.283 e. The Hall–Kier alpha value is -0.850. The lowest BCUT2D eigenvalue weighted by Crippen LogP contribution is -2.16. The maximum Gasteiger partial charge on any atom is 0.283 e. The molecule has 0 aliphatic rings. The van der Waals surface area contributed by atoms with Gasteiger partial charge in [0.2, 0.25) is 0 Å². The zero-order chi connectivity index (χ0) is 13.5. The van der Waals surface area contributed by atoms with E-state index in [9.17, 15) is 8.42 Å². The minimum absolute atomic E-state index is 0.157. The van der Waals surface area contributed by atoms with E-state index in [0.717, 1.165) is 4.09 Å². The molecule has 0 N–H and O–H groups in total. The van der Waals surface area contributed by atoms with Crippen molar-refractivity contribution in [1.29, 1.82) is 0 Å². The molecule has 1 heterocycles. The van der Waals surface area contributed by atoms with Crippen molar-refractivity contribution in [1.82, 2.24) is 9.19 Å². The molecule has 0 atom stereocenters. The Labute approximate surface area is 119 Å². The minimum Gasteiger partial charge on any atom is -0.199 e. The predicted molar refractivity (Wildman–Crippen MR) is 73.4 cm³/mol. The Bertz CT molecular complexity index is 693. The van der Waals surface area contributed by atoms with Gasteiger partial charge in [-0.3, -0.25) is 0 Å². The third kappa shape index (κ3) is 2.20.